The fraction of sp³-hybridized carbons (Fsp3) is 0. The molecule has 2 aromatic carbocycles. The van der Waals surface area contributed by atoms with E-state index in [1.54, 1.807) is 0 Å². The van der Waals surface area contributed by atoms with Crippen LogP contribution in [0, 0.1) is 14.3 Å². The van der Waals surface area contributed by atoms with E-state index in [1.807, 2.05) is 24.3 Å². The second-order valence-corrected chi connectivity index (χ2v) is 7.88. The van der Waals surface area contributed by atoms with Crippen molar-refractivity contribution in [2.45, 2.75) is 0 Å². The topological polar surface area (TPSA) is 18.5 Å². The first-order valence-electron chi connectivity index (χ1n) is 4.90. The molecular weight excluding hydrogens is 684 g/mol. The predicted octanol–water partition coefficient (Wildman–Crippen LogP) is 6.00. The van der Waals surface area contributed by atoms with Gasteiger partial charge in [0, 0.05) is 7.14 Å². The number of hydrogen-bond acceptors (Lipinski definition) is 2. The lowest BCUT2D eigenvalue weighted by Crippen LogP contribution is -2.05. The number of ether oxygens (including phenoxy) is 2. The Hall–Kier alpha value is 0.960. The van der Waals surface area contributed by atoms with Crippen molar-refractivity contribution in [1.82, 2.24) is 0 Å². The van der Waals surface area contributed by atoms with E-state index in [0.717, 1.165) is 30.1 Å². The quantitative estimate of drug-likeness (QED) is 0.164. The molecule has 0 bridgehead atoms. The summed E-state index contributed by atoms with van der Waals surface area (Å²) in [6.07, 6.45) is 0. The molecule has 1 heterocycles. The molecule has 0 fully saturated rings. The van der Waals surface area contributed by atoms with E-state index < -0.39 is 0 Å². The van der Waals surface area contributed by atoms with Crippen LogP contribution >= 0.6 is 90.4 Å². The summed E-state index contributed by atoms with van der Waals surface area (Å²) in [4.78, 5) is 0. The van der Waals surface area contributed by atoms with Gasteiger partial charge in [0.25, 0.3) is 0 Å². The summed E-state index contributed by atoms with van der Waals surface area (Å²) in [5.74, 6) is 3.19. The van der Waals surface area contributed by atoms with Gasteiger partial charge in [-0.1, -0.05) is 12.1 Å². The molecule has 92 valence electrons. The van der Waals surface area contributed by atoms with Crippen LogP contribution in [0.4, 0.5) is 0 Å². The number of hydrogen-bond donors (Lipinski definition) is 0. The van der Waals surface area contributed by atoms with Crippen molar-refractivity contribution in [3.05, 3.63) is 38.5 Å². The second kappa shape index (κ2) is 5.39. The fourth-order valence-corrected chi connectivity index (χ4v) is 4.92. The van der Waals surface area contributed by atoms with Gasteiger partial charge in [-0.2, -0.15) is 0 Å². The summed E-state index contributed by atoms with van der Waals surface area (Å²) in [6.45, 7) is 0. The van der Waals surface area contributed by atoms with Gasteiger partial charge in [-0.3, -0.25) is 0 Å². The molecule has 0 N–H and O–H groups in total. The van der Waals surface area contributed by atoms with Crippen molar-refractivity contribution < 1.29 is 9.47 Å². The van der Waals surface area contributed by atoms with Crippen molar-refractivity contribution in [3.8, 4) is 23.0 Å². The average molecular weight is 688 g/mol. The lowest BCUT2D eigenvalue weighted by molar-refractivity contribution is 0.354. The van der Waals surface area contributed by atoms with Crippen LogP contribution in [0.5, 0.6) is 23.0 Å². The van der Waals surface area contributed by atoms with Gasteiger partial charge in [-0.05, 0) is 102 Å². The zero-order chi connectivity index (χ0) is 12.9. The van der Waals surface area contributed by atoms with Crippen LogP contribution in [-0.2, 0) is 0 Å². The molecule has 0 aliphatic carbocycles. The van der Waals surface area contributed by atoms with E-state index >= 15 is 0 Å². The van der Waals surface area contributed by atoms with E-state index in [4.69, 9.17) is 9.47 Å². The van der Waals surface area contributed by atoms with Gasteiger partial charge in [-0.25, -0.2) is 0 Å². The maximum absolute atomic E-state index is 5.98. The zero-order valence-electron chi connectivity index (χ0n) is 8.64. The van der Waals surface area contributed by atoms with Crippen LogP contribution in [0.25, 0.3) is 0 Å². The maximum Gasteiger partial charge on any atom is 0.185 e. The van der Waals surface area contributed by atoms with E-state index in [2.05, 4.69) is 90.4 Å². The first-order valence-corrected chi connectivity index (χ1v) is 9.21. The molecule has 0 unspecified atom stereocenters. The number of rotatable bonds is 0. The molecule has 1 aliphatic rings. The van der Waals surface area contributed by atoms with E-state index in [-0.39, 0.29) is 0 Å². The summed E-state index contributed by atoms with van der Waals surface area (Å²) >= 11 is 9.31. The first-order chi connectivity index (χ1) is 8.59. The summed E-state index contributed by atoms with van der Waals surface area (Å²) in [5.41, 5.74) is 0. The third kappa shape index (κ3) is 2.24. The normalized spacial score (nSPS) is 12.2. The van der Waals surface area contributed by atoms with E-state index in [1.165, 1.54) is 7.14 Å². The molecule has 3 rings (SSSR count). The fourth-order valence-electron chi connectivity index (χ4n) is 1.61. The molecule has 0 aromatic heterocycles. The van der Waals surface area contributed by atoms with Gasteiger partial charge < -0.3 is 9.47 Å². The van der Waals surface area contributed by atoms with Crippen LogP contribution in [0.1, 0.15) is 0 Å². The molecule has 0 spiro atoms. The number of fused-ring (bicyclic) bond motifs is 2. The smallest absolute Gasteiger partial charge is 0.185 e. The van der Waals surface area contributed by atoms with Gasteiger partial charge in [-0.15, -0.1) is 0 Å². The minimum Gasteiger partial charge on any atom is -0.448 e. The molecule has 1 aliphatic heterocycles. The Kier molecular flexibility index (Phi) is 4.17. The minimum atomic E-state index is 0.774. The van der Waals surface area contributed by atoms with Gasteiger partial charge in [0.15, 0.2) is 23.0 Å². The molecular formula is C12H4I4O2. The van der Waals surface area contributed by atoms with Crippen LogP contribution in [0.2, 0.25) is 0 Å². The average Bonchev–Trinajstić information content (AvgIpc) is 2.41. The maximum atomic E-state index is 5.98. The van der Waals surface area contributed by atoms with Crippen molar-refractivity contribution in [2.75, 3.05) is 0 Å². The molecule has 0 amide bonds. The molecule has 2 nitrogen and oxygen atoms in total. The van der Waals surface area contributed by atoms with E-state index in [9.17, 15) is 0 Å². The third-order valence-electron chi connectivity index (χ3n) is 2.46. The van der Waals surface area contributed by atoms with Crippen LogP contribution in [-0.4, -0.2) is 0 Å². The van der Waals surface area contributed by atoms with Crippen LogP contribution < -0.4 is 9.47 Å². The minimum absolute atomic E-state index is 0.774. The molecule has 0 saturated heterocycles. The Balaban J connectivity index is 2.25. The Labute approximate surface area is 159 Å². The van der Waals surface area contributed by atoms with Crippen LogP contribution in [0.3, 0.4) is 0 Å². The lowest BCUT2D eigenvalue weighted by atomic mass is 10.2. The highest BCUT2D eigenvalue weighted by Gasteiger charge is 2.27. The third-order valence-corrected chi connectivity index (χ3v) is 9.77. The second-order valence-electron chi connectivity index (χ2n) is 3.57. The first kappa shape index (κ1) is 13.9. The molecule has 2 aromatic rings. The molecule has 0 atom stereocenters. The molecule has 6 heteroatoms. The SMILES string of the molecule is Ic1c(I)c(I)c2c(c1I)Oc1ccccc1O2. The Morgan fingerprint density at radius 2 is 1.00 bits per heavy atom. The van der Waals surface area contributed by atoms with Gasteiger partial charge >= 0.3 is 0 Å². The highest BCUT2D eigenvalue weighted by atomic mass is 127. The van der Waals surface area contributed by atoms with Gasteiger partial charge in [0.1, 0.15) is 0 Å². The Morgan fingerprint density at radius 1 is 0.611 bits per heavy atom. The summed E-state index contributed by atoms with van der Waals surface area (Å²) in [7, 11) is 0. The largest absolute Gasteiger partial charge is 0.448 e. The summed E-state index contributed by atoms with van der Waals surface area (Å²) < 4.78 is 16.6. The van der Waals surface area contributed by atoms with Gasteiger partial charge in [0.2, 0.25) is 0 Å². The van der Waals surface area contributed by atoms with Gasteiger partial charge in [0.05, 0.1) is 7.14 Å². The Morgan fingerprint density at radius 3 is 1.39 bits per heavy atom. The number of benzene rings is 2. The van der Waals surface area contributed by atoms with Crippen molar-refractivity contribution in [3.63, 3.8) is 0 Å². The lowest BCUT2D eigenvalue weighted by Gasteiger charge is -2.23. The summed E-state index contributed by atoms with van der Waals surface area (Å²) in [5, 5.41) is 0. The van der Waals surface area contributed by atoms with E-state index in [0.29, 0.717) is 0 Å². The summed E-state index contributed by atoms with van der Waals surface area (Å²) in [6, 6.07) is 7.74. The zero-order valence-corrected chi connectivity index (χ0v) is 17.3. The number of halogens is 4. The van der Waals surface area contributed by atoms with Crippen molar-refractivity contribution >= 4 is 90.4 Å². The highest BCUT2D eigenvalue weighted by Crippen LogP contribution is 2.51. The predicted molar refractivity (Wildman–Crippen MR) is 104 cm³/mol. The number of para-hydroxylation sites is 2. The van der Waals surface area contributed by atoms with Crippen molar-refractivity contribution in [1.29, 1.82) is 0 Å². The molecule has 0 radical (unpaired) electrons. The standard InChI is InChI=1S/C12H4I4O2/c13-7-8(14)10(16)12-11(9(7)15)17-5-3-1-2-4-6(5)18-12/h1-4H. The molecule has 18 heavy (non-hydrogen) atoms. The van der Waals surface area contributed by atoms with Crippen LogP contribution in [0.15, 0.2) is 24.3 Å². The Bertz CT molecular complexity index is 599. The monoisotopic (exact) mass is 688 g/mol. The highest BCUT2D eigenvalue weighted by molar-refractivity contribution is 14.1. The molecule has 0 saturated carbocycles. The van der Waals surface area contributed by atoms with Crippen molar-refractivity contribution in [2.24, 2.45) is 0 Å².